The van der Waals surface area contributed by atoms with E-state index in [1.807, 2.05) is 4.68 Å². The van der Waals surface area contributed by atoms with E-state index in [0.717, 1.165) is 31.5 Å². The summed E-state index contributed by atoms with van der Waals surface area (Å²) in [7, 11) is 0. The highest BCUT2D eigenvalue weighted by atomic mass is 15.5. The summed E-state index contributed by atoms with van der Waals surface area (Å²) in [6.07, 6.45) is 9.32. The Morgan fingerprint density at radius 2 is 1.53 bits per heavy atom. The van der Waals surface area contributed by atoms with Crippen LogP contribution in [0.2, 0.25) is 0 Å². The Kier molecular flexibility index (Phi) is 7.28. The van der Waals surface area contributed by atoms with Crippen LogP contribution in [0.5, 0.6) is 0 Å². The van der Waals surface area contributed by atoms with Gasteiger partial charge in [-0.25, -0.2) is 4.68 Å². The van der Waals surface area contributed by atoms with Gasteiger partial charge in [-0.15, -0.1) is 5.10 Å². The van der Waals surface area contributed by atoms with Crippen LogP contribution in [0.3, 0.4) is 0 Å². The summed E-state index contributed by atoms with van der Waals surface area (Å²) in [6, 6.07) is 20.6. The van der Waals surface area contributed by atoms with Gasteiger partial charge >= 0.3 is 0 Å². The molecule has 1 aliphatic carbocycles. The maximum atomic E-state index is 4.63. The first-order chi connectivity index (χ1) is 17.8. The van der Waals surface area contributed by atoms with Crippen molar-refractivity contribution in [2.75, 3.05) is 44.2 Å². The Hall–Kier alpha value is -2.77. The van der Waals surface area contributed by atoms with Crippen LogP contribution in [0.1, 0.15) is 67.9 Å². The quantitative estimate of drug-likeness (QED) is 0.496. The summed E-state index contributed by atoms with van der Waals surface area (Å²) in [5, 5.41) is 13.2. The lowest BCUT2D eigenvalue weighted by Crippen LogP contribution is -2.38. The predicted octanol–water partition coefficient (Wildman–Crippen LogP) is 4.36. The van der Waals surface area contributed by atoms with Crippen molar-refractivity contribution in [3.63, 3.8) is 0 Å². The van der Waals surface area contributed by atoms with E-state index in [0.29, 0.717) is 6.54 Å². The van der Waals surface area contributed by atoms with Gasteiger partial charge in [0.25, 0.3) is 0 Å². The second-order valence-corrected chi connectivity index (χ2v) is 10.7. The molecule has 2 aromatic carbocycles. The van der Waals surface area contributed by atoms with Gasteiger partial charge < -0.3 is 4.90 Å². The van der Waals surface area contributed by atoms with E-state index in [-0.39, 0.29) is 6.04 Å². The van der Waals surface area contributed by atoms with E-state index in [1.54, 1.807) is 0 Å². The molecule has 36 heavy (non-hydrogen) atoms. The molecule has 190 valence electrons. The lowest BCUT2D eigenvalue weighted by molar-refractivity contribution is 0.185. The van der Waals surface area contributed by atoms with Crippen LogP contribution in [-0.2, 0) is 6.54 Å². The van der Waals surface area contributed by atoms with Crippen molar-refractivity contribution in [3.8, 4) is 0 Å². The number of benzene rings is 2. The maximum Gasteiger partial charge on any atom is 0.173 e. The minimum atomic E-state index is 0.0554. The first kappa shape index (κ1) is 23.6. The van der Waals surface area contributed by atoms with Gasteiger partial charge in [-0.05, 0) is 72.3 Å². The molecule has 2 saturated heterocycles. The second kappa shape index (κ2) is 11.1. The van der Waals surface area contributed by atoms with Crippen LogP contribution in [0.15, 0.2) is 54.6 Å². The molecule has 7 nitrogen and oxygen atoms in total. The molecule has 3 heterocycles. The molecule has 2 aliphatic heterocycles. The van der Waals surface area contributed by atoms with Gasteiger partial charge in [0.2, 0.25) is 0 Å². The summed E-state index contributed by atoms with van der Waals surface area (Å²) in [6.45, 7) is 7.48. The summed E-state index contributed by atoms with van der Waals surface area (Å²) in [5.41, 5.74) is 3.84. The van der Waals surface area contributed by atoms with Crippen LogP contribution in [0.4, 0.5) is 5.69 Å². The summed E-state index contributed by atoms with van der Waals surface area (Å²) < 4.78 is 2.01. The Morgan fingerprint density at radius 3 is 2.31 bits per heavy atom. The zero-order chi connectivity index (χ0) is 24.2. The van der Waals surface area contributed by atoms with E-state index < -0.39 is 0 Å². The smallest absolute Gasteiger partial charge is 0.173 e. The van der Waals surface area contributed by atoms with Crippen LogP contribution in [-0.4, -0.2) is 75.3 Å². The molecule has 3 aliphatic rings. The molecule has 0 bridgehead atoms. The van der Waals surface area contributed by atoms with E-state index in [2.05, 4.69) is 84.8 Å². The molecule has 6 rings (SSSR count). The molecule has 1 atom stereocenters. The SMILES string of the molecule is c1ccc(Cn2nnnc2C(c2ccc(N3CCCC3)cc2)N2CCCN(C3CCCC3)CC2)cc1. The van der Waals surface area contributed by atoms with Gasteiger partial charge in [0.1, 0.15) is 0 Å². The fourth-order valence-corrected chi connectivity index (χ4v) is 6.49. The van der Waals surface area contributed by atoms with Crippen molar-refractivity contribution in [1.29, 1.82) is 0 Å². The minimum Gasteiger partial charge on any atom is -0.372 e. The van der Waals surface area contributed by atoms with Gasteiger partial charge in [0.05, 0.1) is 12.6 Å². The van der Waals surface area contributed by atoms with Gasteiger partial charge in [0.15, 0.2) is 5.82 Å². The summed E-state index contributed by atoms with van der Waals surface area (Å²) >= 11 is 0. The Morgan fingerprint density at radius 1 is 0.750 bits per heavy atom. The number of tetrazole rings is 1. The number of nitrogens with zero attached hydrogens (tertiary/aromatic N) is 7. The Balaban J connectivity index is 1.29. The van der Waals surface area contributed by atoms with Crippen molar-refractivity contribution in [2.24, 2.45) is 0 Å². The van der Waals surface area contributed by atoms with Gasteiger partial charge in [-0.1, -0.05) is 55.3 Å². The van der Waals surface area contributed by atoms with E-state index in [4.69, 9.17) is 0 Å². The van der Waals surface area contributed by atoms with Crippen LogP contribution in [0, 0.1) is 0 Å². The Labute approximate surface area is 215 Å². The summed E-state index contributed by atoms with van der Waals surface area (Å²) in [4.78, 5) is 7.89. The van der Waals surface area contributed by atoms with Crippen molar-refractivity contribution in [2.45, 2.75) is 63.6 Å². The third-order valence-electron chi connectivity index (χ3n) is 8.43. The third kappa shape index (κ3) is 5.18. The van der Waals surface area contributed by atoms with E-state index in [1.165, 1.54) is 81.4 Å². The number of hydrogen-bond donors (Lipinski definition) is 0. The molecule has 1 aromatic heterocycles. The van der Waals surface area contributed by atoms with E-state index in [9.17, 15) is 0 Å². The highest BCUT2D eigenvalue weighted by molar-refractivity contribution is 5.49. The van der Waals surface area contributed by atoms with Gasteiger partial charge in [0, 0.05) is 44.5 Å². The molecule has 0 spiro atoms. The van der Waals surface area contributed by atoms with Crippen molar-refractivity contribution in [1.82, 2.24) is 30.0 Å². The van der Waals surface area contributed by atoms with Gasteiger partial charge in [-0.3, -0.25) is 9.80 Å². The molecule has 1 saturated carbocycles. The molecular weight excluding hydrogens is 446 g/mol. The minimum absolute atomic E-state index is 0.0554. The van der Waals surface area contributed by atoms with Crippen molar-refractivity contribution in [3.05, 3.63) is 71.5 Å². The average Bonchev–Trinajstić information content (AvgIpc) is 3.69. The second-order valence-electron chi connectivity index (χ2n) is 10.7. The van der Waals surface area contributed by atoms with Crippen molar-refractivity contribution >= 4 is 5.69 Å². The zero-order valence-corrected chi connectivity index (χ0v) is 21.4. The number of rotatable bonds is 7. The van der Waals surface area contributed by atoms with Crippen LogP contribution < -0.4 is 4.90 Å². The predicted molar refractivity (Wildman–Crippen MR) is 143 cm³/mol. The normalized spacial score (nSPS) is 21.2. The van der Waals surface area contributed by atoms with Crippen molar-refractivity contribution < 1.29 is 0 Å². The molecular formula is C29H39N7. The average molecular weight is 486 g/mol. The van der Waals surface area contributed by atoms with Gasteiger partial charge in [-0.2, -0.15) is 0 Å². The molecule has 0 amide bonds. The monoisotopic (exact) mass is 485 g/mol. The first-order valence-corrected chi connectivity index (χ1v) is 14.0. The third-order valence-corrected chi connectivity index (χ3v) is 8.43. The lowest BCUT2D eigenvalue weighted by atomic mass is 10.0. The highest BCUT2D eigenvalue weighted by Gasteiger charge is 2.31. The molecule has 3 aromatic rings. The number of aromatic nitrogens is 4. The lowest BCUT2D eigenvalue weighted by Gasteiger charge is -2.31. The van der Waals surface area contributed by atoms with E-state index >= 15 is 0 Å². The molecule has 1 unspecified atom stereocenters. The highest BCUT2D eigenvalue weighted by Crippen LogP contribution is 2.32. The fraction of sp³-hybridized carbons (Fsp3) is 0.552. The molecule has 0 N–H and O–H groups in total. The largest absolute Gasteiger partial charge is 0.372 e. The molecule has 7 heteroatoms. The van der Waals surface area contributed by atoms with Crippen LogP contribution >= 0.6 is 0 Å². The zero-order valence-electron chi connectivity index (χ0n) is 21.4. The first-order valence-electron chi connectivity index (χ1n) is 14.0. The maximum absolute atomic E-state index is 4.63. The standard InChI is InChI=1S/C29H39N7/c1-2-9-24(10-3-1)23-36-29(30-31-32-36)28(25-13-15-27(16-14-25)33-17-6-7-18-33)35-20-8-19-34(21-22-35)26-11-4-5-12-26/h1-3,9-10,13-16,26,28H,4-8,11-12,17-23H2. The number of hydrogen-bond acceptors (Lipinski definition) is 6. The molecule has 0 radical (unpaired) electrons. The summed E-state index contributed by atoms with van der Waals surface area (Å²) in [5.74, 6) is 0.946. The van der Waals surface area contributed by atoms with Crippen LogP contribution in [0.25, 0.3) is 0 Å². The Bertz CT molecular complexity index is 1080. The molecule has 3 fully saturated rings. The fourth-order valence-electron chi connectivity index (χ4n) is 6.49. The number of anilines is 1. The topological polar surface area (TPSA) is 53.3 Å².